The number of morpholine rings is 1. The first-order valence-electron chi connectivity index (χ1n) is 10.4. The van der Waals surface area contributed by atoms with E-state index in [2.05, 4.69) is 4.90 Å². The van der Waals surface area contributed by atoms with E-state index < -0.39 is 23.5 Å². The molecule has 1 amide bonds. The zero-order chi connectivity index (χ0) is 22.0. The number of halogens is 1. The average molecular weight is 424 g/mol. The second-order valence-corrected chi connectivity index (χ2v) is 7.87. The zero-order valence-corrected chi connectivity index (χ0v) is 17.4. The number of aliphatic hydroxyl groups is 1. The number of benzene rings is 2. The Morgan fingerprint density at radius 1 is 1.10 bits per heavy atom. The van der Waals surface area contributed by atoms with E-state index in [0.717, 1.165) is 18.7 Å². The molecule has 0 aromatic heterocycles. The Morgan fingerprint density at radius 2 is 1.81 bits per heavy atom. The molecule has 7 heteroatoms. The van der Waals surface area contributed by atoms with Crippen molar-refractivity contribution in [3.63, 3.8) is 0 Å². The highest BCUT2D eigenvalue weighted by atomic mass is 19.1. The fraction of sp³-hybridized carbons (Fsp3) is 0.333. The minimum Gasteiger partial charge on any atom is -0.507 e. The Hall–Kier alpha value is -3.03. The van der Waals surface area contributed by atoms with E-state index in [0.29, 0.717) is 30.9 Å². The Bertz CT molecular complexity index is 1010. The normalized spacial score (nSPS) is 21.6. The van der Waals surface area contributed by atoms with Crippen molar-refractivity contribution < 1.29 is 23.8 Å². The lowest BCUT2D eigenvalue weighted by Gasteiger charge is -2.31. The molecule has 6 nitrogen and oxygen atoms in total. The standard InChI is InChI=1S/C24H25FN2O4/c1-16-5-7-17(8-6-16)22(28)20-21(18-3-2-4-19(25)15-18)27(24(30)23(20)29)10-9-26-11-13-31-14-12-26/h2-8,15,21,28H,9-14H2,1H3/b22-20+/t21-/m1/s1. The van der Waals surface area contributed by atoms with Gasteiger partial charge < -0.3 is 14.7 Å². The maximum absolute atomic E-state index is 14.0. The first-order chi connectivity index (χ1) is 15.0. The smallest absolute Gasteiger partial charge is 0.295 e. The summed E-state index contributed by atoms with van der Waals surface area (Å²) < 4.78 is 19.4. The van der Waals surface area contributed by atoms with Crippen molar-refractivity contribution in [3.8, 4) is 0 Å². The second-order valence-electron chi connectivity index (χ2n) is 7.87. The van der Waals surface area contributed by atoms with Crippen molar-refractivity contribution in [2.75, 3.05) is 39.4 Å². The lowest BCUT2D eigenvalue weighted by Crippen LogP contribution is -2.42. The molecule has 1 atom stereocenters. The van der Waals surface area contributed by atoms with Crippen molar-refractivity contribution in [1.29, 1.82) is 0 Å². The van der Waals surface area contributed by atoms with Gasteiger partial charge in [0.2, 0.25) is 0 Å². The molecule has 0 aliphatic carbocycles. The van der Waals surface area contributed by atoms with Gasteiger partial charge in [0.25, 0.3) is 11.7 Å². The van der Waals surface area contributed by atoms with Crippen molar-refractivity contribution in [1.82, 2.24) is 9.80 Å². The van der Waals surface area contributed by atoms with Crippen LogP contribution in [0.2, 0.25) is 0 Å². The molecule has 162 valence electrons. The van der Waals surface area contributed by atoms with Gasteiger partial charge in [-0.2, -0.15) is 0 Å². The first-order valence-corrected chi connectivity index (χ1v) is 10.4. The van der Waals surface area contributed by atoms with E-state index in [1.54, 1.807) is 24.3 Å². The topological polar surface area (TPSA) is 70.1 Å². The summed E-state index contributed by atoms with van der Waals surface area (Å²) in [5.41, 5.74) is 1.89. The van der Waals surface area contributed by atoms with Crippen LogP contribution in [0.5, 0.6) is 0 Å². The molecule has 2 saturated heterocycles. The van der Waals surface area contributed by atoms with Crippen LogP contribution in [0.15, 0.2) is 54.1 Å². The third-order valence-corrected chi connectivity index (χ3v) is 5.79. The summed E-state index contributed by atoms with van der Waals surface area (Å²) in [6.07, 6.45) is 0. The van der Waals surface area contributed by atoms with Gasteiger partial charge in [-0.25, -0.2) is 4.39 Å². The highest BCUT2D eigenvalue weighted by molar-refractivity contribution is 6.46. The number of Topliss-reactive ketones (excluding diaryl/α,β-unsaturated/α-hetero) is 1. The van der Waals surface area contributed by atoms with Crippen LogP contribution < -0.4 is 0 Å². The molecule has 0 unspecified atom stereocenters. The number of likely N-dealkylation sites (tertiary alicyclic amines) is 1. The monoisotopic (exact) mass is 424 g/mol. The molecule has 2 aromatic carbocycles. The number of nitrogens with zero attached hydrogens (tertiary/aromatic N) is 2. The number of aryl methyl sites for hydroxylation is 1. The molecule has 2 fully saturated rings. The lowest BCUT2D eigenvalue weighted by atomic mass is 9.95. The number of aliphatic hydroxyl groups excluding tert-OH is 1. The maximum atomic E-state index is 14.0. The van der Waals surface area contributed by atoms with Gasteiger partial charge in [-0.3, -0.25) is 14.5 Å². The van der Waals surface area contributed by atoms with Gasteiger partial charge in [0.1, 0.15) is 11.6 Å². The van der Waals surface area contributed by atoms with Gasteiger partial charge in [-0.1, -0.05) is 42.0 Å². The predicted octanol–water partition coefficient (Wildman–Crippen LogP) is 2.89. The molecule has 0 spiro atoms. The van der Waals surface area contributed by atoms with E-state index >= 15 is 0 Å². The molecule has 2 aromatic rings. The quantitative estimate of drug-likeness (QED) is 0.454. The minimum atomic E-state index is -0.849. The minimum absolute atomic E-state index is 0.0126. The van der Waals surface area contributed by atoms with E-state index in [1.165, 1.54) is 17.0 Å². The maximum Gasteiger partial charge on any atom is 0.295 e. The molecule has 2 aliphatic rings. The van der Waals surface area contributed by atoms with Gasteiger partial charge in [0, 0.05) is 31.7 Å². The fourth-order valence-corrected chi connectivity index (χ4v) is 4.07. The summed E-state index contributed by atoms with van der Waals surface area (Å²) in [5, 5.41) is 11.0. The molecular formula is C24H25FN2O4. The van der Waals surface area contributed by atoms with Crippen molar-refractivity contribution in [2.24, 2.45) is 0 Å². The molecule has 2 heterocycles. The largest absolute Gasteiger partial charge is 0.507 e. The number of amides is 1. The van der Waals surface area contributed by atoms with Crippen LogP contribution in [0.1, 0.15) is 22.7 Å². The first kappa shape index (κ1) is 21.2. The Labute approximate surface area is 180 Å². The van der Waals surface area contributed by atoms with Gasteiger partial charge in [-0.15, -0.1) is 0 Å². The number of hydrogen-bond acceptors (Lipinski definition) is 5. The van der Waals surface area contributed by atoms with Crippen molar-refractivity contribution >= 4 is 17.4 Å². The summed E-state index contributed by atoms with van der Waals surface area (Å²) in [5.74, 6) is -2.15. The SMILES string of the molecule is Cc1ccc(/C(O)=C2\C(=O)C(=O)N(CCN3CCOCC3)[C@@H]2c2cccc(F)c2)cc1. The lowest BCUT2D eigenvalue weighted by molar-refractivity contribution is -0.140. The van der Waals surface area contributed by atoms with Crippen LogP contribution in [-0.2, 0) is 14.3 Å². The molecule has 0 bridgehead atoms. The third kappa shape index (κ3) is 4.38. The number of carbonyl (C=O) groups excluding carboxylic acids is 2. The Morgan fingerprint density at radius 3 is 2.48 bits per heavy atom. The Kier molecular flexibility index (Phi) is 6.15. The molecule has 2 aliphatic heterocycles. The number of carbonyl (C=O) groups is 2. The van der Waals surface area contributed by atoms with Gasteiger partial charge in [0.05, 0.1) is 24.8 Å². The van der Waals surface area contributed by atoms with Crippen LogP contribution in [-0.4, -0.2) is 66.0 Å². The number of ether oxygens (including phenoxy) is 1. The highest BCUT2D eigenvalue weighted by Crippen LogP contribution is 2.39. The highest BCUT2D eigenvalue weighted by Gasteiger charge is 2.46. The van der Waals surface area contributed by atoms with Gasteiger partial charge >= 0.3 is 0 Å². The fourth-order valence-electron chi connectivity index (χ4n) is 4.07. The summed E-state index contributed by atoms with van der Waals surface area (Å²) in [6, 6.07) is 12.0. The van der Waals surface area contributed by atoms with Crippen LogP contribution in [0, 0.1) is 12.7 Å². The molecule has 4 rings (SSSR count). The second kappa shape index (κ2) is 8.99. The van der Waals surface area contributed by atoms with E-state index in [1.807, 2.05) is 19.1 Å². The van der Waals surface area contributed by atoms with E-state index in [-0.39, 0.29) is 17.9 Å². The molecule has 0 saturated carbocycles. The molecule has 31 heavy (non-hydrogen) atoms. The summed E-state index contributed by atoms with van der Waals surface area (Å²) in [7, 11) is 0. The number of rotatable bonds is 5. The van der Waals surface area contributed by atoms with Gasteiger partial charge in [0.15, 0.2) is 0 Å². The van der Waals surface area contributed by atoms with Crippen molar-refractivity contribution in [3.05, 3.63) is 76.6 Å². The van der Waals surface area contributed by atoms with Crippen LogP contribution >= 0.6 is 0 Å². The van der Waals surface area contributed by atoms with Crippen LogP contribution in [0.25, 0.3) is 5.76 Å². The Balaban J connectivity index is 1.73. The molecular weight excluding hydrogens is 399 g/mol. The van der Waals surface area contributed by atoms with Crippen molar-refractivity contribution in [2.45, 2.75) is 13.0 Å². The van der Waals surface area contributed by atoms with E-state index in [9.17, 15) is 19.1 Å². The average Bonchev–Trinajstić information content (AvgIpc) is 3.03. The molecule has 1 N–H and O–H groups in total. The number of ketones is 1. The van der Waals surface area contributed by atoms with Crippen LogP contribution in [0.4, 0.5) is 4.39 Å². The van der Waals surface area contributed by atoms with Crippen LogP contribution in [0.3, 0.4) is 0 Å². The molecule has 0 radical (unpaired) electrons. The third-order valence-electron chi connectivity index (χ3n) is 5.79. The zero-order valence-electron chi connectivity index (χ0n) is 17.4. The van der Waals surface area contributed by atoms with E-state index in [4.69, 9.17) is 4.74 Å². The summed E-state index contributed by atoms with van der Waals surface area (Å²) in [6.45, 7) is 5.51. The summed E-state index contributed by atoms with van der Waals surface area (Å²) in [4.78, 5) is 29.5. The predicted molar refractivity (Wildman–Crippen MR) is 114 cm³/mol. The van der Waals surface area contributed by atoms with Gasteiger partial charge in [-0.05, 0) is 24.6 Å². The number of hydrogen-bond donors (Lipinski definition) is 1. The summed E-state index contributed by atoms with van der Waals surface area (Å²) >= 11 is 0.